The lowest BCUT2D eigenvalue weighted by molar-refractivity contribution is -0.181. The first-order valence-electron chi connectivity index (χ1n) is 5.89. The quantitative estimate of drug-likeness (QED) is 0.490. The Morgan fingerprint density at radius 3 is 2.10 bits per heavy atom. The number of hydrogen-bond donors (Lipinski definition) is 2. The zero-order chi connectivity index (χ0) is 15.9. The molecule has 0 bridgehead atoms. The maximum absolute atomic E-state index is 11.5. The zero-order valence-electron chi connectivity index (χ0n) is 11.5. The number of carboxylic acid groups (broad SMARTS) is 1. The van der Waals surface area contributed by atoms with Crippen LogP contribution < -0.4 is 0 Å². The average molecular weight is 290 g/mol. The molecule has 0 radical (unpaired) electrons. The minimum absolute atomic E-state index is 0.0377. The van der Waals surface area contributed by atoms with Crippen LogP contribution in [0.4, 0.5) is 0 Å². The maximum Gasteiger partial charge on any atom is 0.346 e. The van der Waals surface area contributed by atoms with Crippen molar-refractivity contribution in [3.63, 3.8) is 0 Å². The summed E-state index contributed by atoms with van der Waals surface area (Å²) in [6.45, 7) is 4.53. The fraction of sp³-hybridized carbons (Fsp3) is 0.667. The van der Waals surface area contributed by atoms with E-state index in [1.807, 2.05) is 0 Å². The minimum Gasteiger partial charge on any atom is -0.481 e. The highest BCUT2D eigenvalue weighted by atomic mass is 16.6. The van der Waals surface area contributed by atoms with Crippen molar-refractivity contribution >= 4 is 23.9 Å². The predicted molar refractivity (Wildman–Crippen MR) is 64.4 cm³/mol. The van der Waals surface area contributed by atoms with Gasteiger partial charge in [-0.25, -0.2) is 4.79 Å². The highest BCUT2D eigenvalue weighted by Gasteiger charge is 2.43. The first-order valence-corrected chi connectivity index (χ1v) is 5.89. The van der Waals surface area contributed by atoms with Crippen molar-refractivity contribution in [1.29, 1.82) is 0 Å². The Morgan fingerprint density at radius 1 is 1.15 bits per heavy atom. The van der Waals surface area contributed by atoms with Crippen LogP contribution in [0.1, 0.15) is 33.6 Å². The van der Waals surface area contributed by atoms with Crippen LogP contribution in [0.5, 0.6) is 0 Å². The van der Waals surface area contributed by atoms with Crippen molar-refractivity contribution in [3.05, 3.63) is 0 Å². The molecular weight excluding hydrogens is 272 g/mol. The van der Waals surface area contributed by atoms with Crippen LogP contribution in [0.15, 0.2) is 0 Å². The van der Waals surface area contributed by atoms with Gasteiger partial charge >= 0.3 is 23.9 Å². The molecule has 0 aliphatic carbocycles. The van der Waals surface area contributed by atoms with E-state index in [-0.39, 0.29) is 12.5 Å². The molecule has 0 fully saturated rings. The molecule has 1 atom stereocenters. The summed E-state index contributed by atoms with van der Waals surface area (Å²) in [5.74, 6) is -4.95. The monoisotopic (exact) mass is 290 g/mol. The highest BCUT2D eigenvalue weighted by Crippen LogP contribution is 2.19. The van der Waals surface area contributed by atoms with E-state index in [0.717, 1.165) is 6.92 Å². The van der Waals surface area contributed by atoms with E-state index < -0.39 is 42.3 Å². The van der Waals surface area contributed by atoms with Crippen molar-refractivity contribution in [1.82, 2.24) is 0 Å². The molecule has 0 aromatic rings. The third kappa shape index (κ3) is 6.83. The molecule has 0 amide bonds. The number of rotatable bonds is 7. The second-order valence-corrected chi connectivity index (χ2v) is 4.74. The van der Waals surface area contributed by atoms with Crippen molar-refractivity contribution in [3.8, 4) is 0 Å². The first kappa shape index (κ1) is 18.0. The largest absolute Gasteiger partial charge is 0.481 e. The fourth-order valence-electron chi connectivity index (χ4n) is 1.23. The molecular formula is C12H18O8. The SMILES string of the molecule is CC(=O)OC(=O)C(O)(CC(=O)O)CC(=O)OCC(C)C. The van der Waals surface area contributed by atoms with Gasteiger partial charge in [0.2, 0.25) is 0 Å². The summed E-state index contributed by atoms with van der Waals surface area (Å²) in [5, 5.41) is 18.6. The predicted octanol–water partition coefficient (Wildman–Crippen LogP) is -0.129. The first-order chi connectivity index (χ1) is 9.06. The van der Waals surface area contributed by atoms with E-state index in [4.69, 9.17) is 9.84 Å². The summed E-state index contributed by atoms with van der Waals surface area (Å²) in [6.07, 6.45) is -1.98. The van der Waals surface area contributed by atoms with Gasteiger partial charge in [0.15, 0.2) is 5.60 Å². The third-order valence-corrected chi connectivity index (χ3v) is 2.07. The van der Waals surface area contributed by atoms with Gasteiger partial charge in [0, 0.05) is 6.92 Å². The Labute approximate surface area is 115 Å². The van der Waals surface area contributed by atoms with Gasteiger partial charge in [-0.15, -0.1) is 0 Å². The van der Waals surface area contributed by atoms with E-state index in [1.54, 1.807) is 13.8 Å². The Hall–Kier alpha value is -1.96. The third-order valence-electron chi connectivity index (χ3n) is 2.07. The van der Waals surface area contributed by atoms with E-state index in [0.29, 0.717) is 0 Å². The summed E-state index contributed by atoms with van der Waals surface area (Å²) in [7, 11) is 0. The van der Waals surface area contributed by atoms with Crippen LogP contribution in [0.25, 0.3) is 0 Å². The van der Waals surface area contributed by atoms with E-state index in [1.165, 1.54) is 0 Å². The Bertz CT molecular complexity index is 400. The van der Waals surface area contributed by atoms with Gasteiger partial charge in [-0.3, -0.25) is 14.4 Å². The molecule has 0 saturated heterocycles. The molecule has 8 nitrogen and oxygen atoms in total. The van der Waals surface area contributed by atoms with Gasteiger partial charge < -0.3 is 19.7 Å². The molecule has 0 aliphatic rings. The van der Waals surface area contributed by atoms with Crippen LogP contribution in [-0.2, 0) is 28.7 Å². The number of aliphatic hydroxyl groups is 1. The van der Waals surface area contributed by atoms with E-state index in [2.05, 4.69) is 4.74 Å². The maximum atomic E-state index is 11.5. The lowest BCUT2D eigenvalue weighted by atomic mass is 9.95. The molecule has 1 unspecified atom stereocenters. The van der Waals surface area contributed by atoms with Crippen LogP contribution in [-0.4, -0.2) is 46.3 Å². The van der Waals surface area contributed by atoms with E-state index in [9.17, 15) is 24.3 Å². The molecule has 0 spiro atoms. The van der Waals surface area contributed by atoms with Gasteiger partial charge in [-0.05, 0) is 5.92 Å². The Morgan fingerprint density at radius 2 is 1.70 bits per heavy atom. The van der Waals surface area contributed by atoms with Crippen molar-refractivity contribution in [2.24, 2.45) is 5.92 Å². The topological polar surface area (TPSA) is 127 Å². The molecule has 8 heteroatoms. The number of carboxylic acids is 1. The van der Waals surface area contributed by atoms with Crippen molar-refractivity contribution < 1.29 is 38.9 Å². The molecule has 20 heavy (non-hydrogen) atoms. The molecule has 0 aromatic heterocycles. The summed E-state index contributed by atoms with van der Waals surface area (Å²) >= 11 is 0. The number of ether oxygens (including phenoxy) is 2. The number of carbonyl (C=O) groups is 4. The summed E-state index contributed by atoms with van der Waals surface area (Å²) in [4.78, 5) is 44.3. The summed E-state index contributed by atoms with van der Waals surface area (Å²) in [6, 6.07) is 0. The van der Waals surface area contributed by atoms with Gasteiger partial charge in [0.25, 0.3) is 0 Å². The number of hydrogen-bond acceptors (Lipinski definition) is 7. The number of carbonyl (C=O) groups excluding carboxylic acids is 3. The molecule has 0 aromatic carbocycles. The number of aliphatic carboxylic acids is 1. The van der Waals surface area contributed by atoms with Crippen molar-refractivity contribution in [2.45, 2.75) is 39.2 Å². The second-order valence-electron chi connectivity index (χ2n) is 4.74. The van der Waals surface area contributed by atoms with Gasteiger partial charge in [0.05, 0.1) is 19.4 Å². The summed E-state index contributed by atoms with van der Waals surface area (Å²) in [5.41, 5.74) is -2.63. The standard InChI is InChI=1S/C12H18O8/c1-7(2)6-19-10(16)5-12(18,4-9(14)15)11(17)20-8(3)13/h7,18H,4-6H2,1-3H3,(H,14,15). The van der Waals surface area contributed by atoms with Gasteiger partial charge in [-0.2, -0.15) is 0 Å². The van der Waals surface area contributed by atoms with Crippen LogP contribution in [0.3, 0.4) is 0 Å². The summed E-state index contributed by atoms with van der Waals surface area (Å²) < 4.78 is 8.90. The lowest BCUT2D eigenvalue weighted by Crippen LogP contribution is -2.45. The smallest absolute Gasteiger partial charge is 0.346 e. The molecule has 0 rings (SSSR count). The average Bonchev–Trinajstić information content (AvgIpc) is 2.24. The van der Waals surface area contributed by atoms with Gasteiger partial charge in [0.1, 0.15) is 0 Å². The van der Waals surface area contributed by atoms with Gasteiger partial charge in [-0.1, -0.05) is 13.8 Å². The Balaban J connectivity index is 4.86. The molecule has 0 heterocycles. The van der Waals surface area contributed by atoms with Crippen LogP contribution in [0.2, 0.25) is 0 Å². The molecule has 114 valence electrons. The van der Waals surface area contributed by atoms with Crippen molar-refractivity contribution in [2.75, 3.05) is 6.61 Å². The molecule has 2 N–H and O–H groups in total. The zero-order valence-corrected chi connectivity index (χ0v) is 11.5. The Kier molecular flexibility index (Phi) is 6.84. The lowest BCUT2D eigenvalue weighted by Gasteiger charge is -2.22. The number of esters is 3. The van der Waals surface area contributed by atoms with E-state index >= 15 is 0 Å². The minimum atomic E-state index is -2.63. The fourth-order valence-corrected chi connectivity index (χ4v) is 1.23. The molecule has 0 saturated carbocycles. The molecule has 0 aliphatic heterocycles. The van der Waals surface area contributed by atoms with Crippen LogP contribution in [0, 0.1) is 5.92 Å². The normalized spacial score (nSPS) is 13.4. The highest BCUT2D eigenvalue weighted by molar-refractivity contribution is 5.94. The van der Waals surface area contributed by atoms with Crippen LogP contribution >= 0.6 is 0 Å². The second kappa shape index (κ2) is 7.59.